The van der Waals surface area contributed by atoms with Crippen molar-refractivity contribution >= 4 is 5.91 Å². The molecule has 1 amide bonds. The van der Waals surface area contributed by atoms with Crippen LogP contribution in [0.25, 0.3) is 11.1 Å². The van der Waals surface area contributed by atoms with Crippen LogP contribution in [0.5, 0.6) is 0 Å². The van der Waals surface area contributed by atoms with E-state index >= 15 is 0 Å². The summed E-state index contributed by atoms with van der Waals surface area (Å²) in [6.07, 6.45) is 0.393. The zero-order chi connectivity index (χ0) is 18.5. The van der Waals surface area contributed by atoms with E-state index in [4.69, 9.17) is 0 Å². The molecular formula is C24H25NO. The summed E-state index contributed by atoms with van der Waals surface area (Å²) in [6.45, 7) is 6.20. The monoisotopic (exact) mass is 343 g/mol. The number of hydrogen-bond acceptors (Lipinski definition) is 1. The predicted molar refractivity (Wildman–Crippen MR) is 108 cm³/mol. The van der Waals surface area contributed by atoms with E-state index < -0.39 is 0 Å². The van der Waals surface area contributed by atoms with Gasteiger partial charge in [0.05, 0.1) is 12.5 Å². The third-order valence-electron chi connectivity index (χ3n) is 4.70. The first-order valence-electron chi connectivity index (χ1n) is 9.04. The van der Waals surface area contributed by atoms with Crippen molar-refractivity contribution < 1.29 is 4.79 Å². The highest BCUT2D eigenvalue weighted by atomic mass is 16.1. The molecule has 0 aliphatic rings. The summed E-state index contributed by atoms with van der Waals surface area (Å²) in [4.78, 5) is 12.4. The summed E-state index contributed by atoms with van der Waals surface area (Å²) in [5.41, 5.74) is 6.97. The Kier molecular flexibility index (Phi) is 5.52. The second kappa shape index (κ2) is 8.01. The molecule has 2 heteroatoms. The molecule has 0 aromatic heterocycles. The molecule has 1 N–H and O–H groups in total. The number of nitrogens with one attached hydrogen (secondary N) is 1. The molecule has 0 aliphatic heterocycles. The average Bonchev–Trinajstić information content (AvgIpc) is 2.65. The molecule has 132 valence electrons. The van der Waals surface area contributed by atoms with Gasteiger partial charge in [-0.25, -0.2) is 0 Å². The molecule has 0 saturated heterocycles. The fourth-order valence-electron chi connectivity index (χ4n) is 3.23. The largest absolute Gasteiger partial charge is 0.349 e. The quantitative estimate of drug-likeness (QED) is 0.661. The Morgan fingerprint density at radius 1 is 0.885 bits per heavy atom. The van der Waals surface area contributed by atoms with E-state index in [-0.39, 0.29) is 11.9 Å². The van der Waals surface area contributed by atoms with Crippen LogP contribution < -0.4 is 5.32 Å². The lowest BCUT2D eigenvalue weighted by atomic mass is 9.99. The van der Waals surface area contributed by atoms with Crippen LogP contribution in [-0.2, 0) is 11.2 Å². The first kappa shape index (κ1) is 17.9. The van der Waals surface area contributed by atoms with Crippen LogP contribution in [0.15, 0.2) is 72.8 Å². The highest BCUT2D eigenvalue weighted by Crippen LogP contribution is 2.21. The molecule has 26 heavy (non-hydrogen) atoms. The smallest absolute Gasteiger partial charge is 0.224 e. The molecule has 3 rings (SSSR count). The first-order valence-corrected chi connectivity index (χ1v) is 9.04. The van der Waals surface area contributed by atoms with Crippen molar-refractivity contribution in [1.82, 2.24) is 5.32 Å². The number of rotatable bonds is 5. The van der Waals surface area contributed by atoms with Gasteiger partial charge < -0.3 is 5.32 Å². The van der Waals surface area contributed by atoms with Crippen molar-refractivity contribution in [2.75, 3.05) is 0 Å². The van der Waals surface area contributed by atoms with Gasteiger partial charge in [-0.1, -0.05) is 78.4 Å². The van der Waals surface area contributed by atoms with Crippen LogP contribution in [0.1, 0.15) is 35.2 Å². The molecule has 1 unspecified atom stereocenters. The van der Waals surface area contributed by atoms with Gasteiger partial charge in [-0.15, -0.1) is 0 Å². The SMILES string of the molecule is Cc1ccc(C)c(C(C)NC(=O)Cc2ccc(-c3ccccc3)cc2)c1. The Labute approximate surface area is 155 Å². The minimum absolute atomic E-state index is 0.00555. The van der Waals surface area contributed by atoms with E-state index in [9.17, 15) is 4.79 Å². The minimum Gasteiger partial charge on any atom is -0.349 e. The molecule has 0 spiro atoms. The lowest BCUT2D eigenvalue weighted by Gasteiger charge is -2.17. The number of hydrogen-bond donors (Lipinski definition) is 1. The summed E-state index contributed by atoms with van der Waals surface area (Å²) >= 11 is 0. The van der Waals surface area contributed by atoms with Gasteiger partial charge >= 0.3 is 0 Å². The molecule has 0 aliphatic carbocycles. The molecule has 0 bridgehead atoms. The summed E-state index contributed by atoms with van der Waals surface area (Å²) in [5, 5.41) is 3.12. The van der Waals surface area contributed by atoms with Gasteiger partial charge in [-0.05, 0) is 48.6 Å². The van der Waals surface area contributed by atoms with E-state index in [2.05, 4.69) is 61.6 Å². The van der Waals surface area contributed by atoms with Crippen molar-refractivity contribution in [3.8, 4) is 11.1 Å². The van der Waals surface area contributed by atoms with Gasteiger partial charge in [-0.2, -0.15) is 0 Å². The van der Waals surface area contributed by atoms with E-state index in [1.807, 2.05) is 37.3 Å². The van der Waals surface area contributed by atoms with Crippen molar-refractivity contribution in [2.24, 2.45) is 0 Å². The van der Waals surface area contributed by atoms with Crippen LogP contribution in [0.2, 0.25) is 0 Å². The zero-order valence-electron chi connectivity index (χ0n) is 15.6. The summed E-state index contributed by atoms with van der Waals surface area (Å²) in [5.74, 6) is 0.0471. The maximum Gasteiger partial charge on any atom is 0.224 e. The maximum atomic E-state index is 12.4. The van der Waals surface area contributed by atoms with Crippen LogP contribution >= 0.6 is 0 Å². The van der Waals surface area contributed by atoms with E-state index in [1.54, 1.807) is 0 Å². The molecule has 2 nitrogen and oxygen atoms in total. The number of benzene rings is 3. The Hall–Kier alpha value is -2.87. The standard InChI is InChI=1S/C24H25NO/c1-17-9-10-18(2)23(15-17)19(3)25-24(26)16-20-11-13-22(14-12-20)21-7-5-4-6-8-21/h4-15,19H,16H2,1-3H3,(H,25,26). The van der Waals surface area contributed by atoms with Crippen LogP contribution in [0.4, 0.5) is 0 Å². The van der Waals surface area contributed by atoms with Crippen LogP contribution in [0, 0.1) is 13.8 Å². The fourth-order valence-corrected chi connectivity index (χ4v) is 3.23. The Balaban J connectivity index is 1.64. The second-order valence-corrected chi connectivity index (χ2v) is 6.89. The highest BCUT2D eigenvalue weighted by Gasteiger charge is 2.12. The van der Waals surface area contributed by atoms with E-state index in [1.165, 1.54) is 27.8 Å². The van der Waals surface area contributed by atoms with Gasteiger partial charge in [0.2, 0.25) is 5.91 Å². The molecule has 0 saturated carbocycles. The Morgan fingerprint density at radius 2 is 1.54 bits per heavy atom. The van der Waals surface area contributed by atoms with Crippen LogP contribution in [-0.4, -0.2) is 5.91 Å². The van der Waals surface area contributed by atoms with Gasteiger partial charge in [0.25, 0.3) is 0 Å². The minimum atomic E-state index is 0.00555. The number of carbonyl (C=O) groups is 1. The number of aryl methyl sites for hydroxylation is 2. The van der Waals surface area contributed by atoms with Crippen molar-refractivity contribution in [3.05, 3.63) is 95.1 Å². The van der Waals surface area contributed by atoms with Gasteiger partial charge in [-0.3, -0.25) is 4.79 Å². The number of amides is 1. The fraction of sp³-hybridized carbons (Fsp3) is 0.208. The highest BCUT2D eigenvalue weighted by molar-refractivity contribution is 5.79. The average molecular weight is 343 g/mol. The van der Waals surface area contributed by atoms with E-state index in [0.29, 0.717) is 6.42 Å². The molecule has 3 aromatic carbocycles. The molecule has 0 radical (unpaired) electrons. The summed E-state index contributed by atoms with van der Waals surface area (Å²) in [7, 11) is 0. The summed E-state index contributed by atoms with van der Waals surface area (Å²) in [6, 6.07) is 24.8. The molecule has 0 heterocycles. The zero-order valence-corrected chi connectivity index (χ0v) is 15.6. The predicted octanol–water partition coefficient (Wildman–Crippen LogP) is 5.39. The molecule has 1 atom stereocenters. The maximum absolute atomic E-state index is 12.4. The molecule has 0 fully saturated rings. The lowest BCUT2D eigenvalue weighted by Crippen LogP contribution is -2.28. The third kappa shape index (κ3) is 4.40. The molecule has 3 aromatic rings. The van der Waals surface area contributed by atoms with Crippen molar-refractivity contribution in [1.29, 1.82) is 0 Å². The Bertz CT molecular complexity index is 882. The van der Waals surface area contributed by atoms with Gasteiger partial charge in [0.15, 0.2) is 0 Å². The second-order valence-electron chi connectivity index (χ2n) is 6.89. The van der Waals surface area contributed by atoms with Crippen LogP contribution in [0.3, 0.4) is 0 Å². The van der Waals surface area contributed by atoms with Crippen molar-refractivity contribution in [2.45, 2.75) is 33.2 Å². The lowest BCUT2D eigenvalue weighted by molar-refractivity contribution is -0.121. The normalized spacial score (nSPS) is 11.8. The Morgan fingerprint density at radius 3 is 2.23 bits per heavy atom. The topological polar surface area (TPSA) is 29.1 Å². The third-order valence-corrected chi connectivity index (χ3v) is 4.70. The van der Waals surface area contributed by atoms with Crippen molar-refractivity contribution in [3.63, 3.8) is 0 Å². The molecular weight excluding hydrogens is 318 g/mol. The number of carbonyl (C=O) groups excluding carboxylic acids is 1. The first-order chi connectivity index (χ1) is 12.5. The van der Waals surface area contributed by atoms with Gasteiger partial charge in [0.1, 0.15) is 0 Å². The summed E-state index contributed by atoms with van der Waals surface area (Å²) < 4.78 is 0. The van der Waals surface area contributed by atoms with Gasteiger partial charge in [0, 0.05) is 0 Å². The van der Waals surface area contributed by atoms with E-state index in [0.717, 1.165) is 5.56 Å².